The van der Waals surface area contributed by atoms with Crippen LogP contribution in [0.25, 0.3) is 0 Å². The van der Waals surface area contributed by atoms with E-state index in [1.807, 2.05) is 6.92 Å². The molecule has 2 aromatic rings. The molecule has 0 aliphatic heterocycles. The van der Waals surface area contributed by atoms with Gasteiger partial charge in [-0.05, 0) is 65.1 Å². The largest absolute Gasteiger partial charge is 0.478 e. The fourth-order valence-electron chi connectivity index (χ4n) is 1.75. The first-order valence-electron chi connectivity index (χ1n) is 6.35. The summed E-state index contributed by atoms with van der Waals surface area (Å²) in [6.07, 6.45) is 0.457. The minimum atomic E-state index is -1.000. The third-order valence-corrected chi connectivity index (χ3v) is 3.79. The highest BCUT2D eigenvalue weighted by Gasteiger charge is 2.09. The summed E-state index contributed by atoms with van der Waals surface area (Å²) < 4.78 is 6.50. The molecule has 108 valence electrons. The SMILES string of the molecule is CCC(=O)c1ccc(Oc2cc(C(=O)O)ccc2I)cc1. The maximum Gasteiger partial charge on any atom is 0.335 e. The Bertz CT molecular complexity index is 677. The predicted octanol–water partition coefficient (Wildman–Crippen LogP) is 4.37. The van der Waals surface area contributed by atoms with E-state index in [1.165, 1.54) is 12.1 Å². The van der Waals surface area contributed by atoms with Crippen LogP contribution < -0.4 is 4.74 Å². The van der Waals surface area contributed by atoms with Crippen molar-refractivity contribution in [3.05, 3.63) is 57.2 Å². The van der Waals surface area contributed by atoms with Crippen molar-refractivity contribution in [3.8, 4) is 11.5 Å². The summed E-state index contributed by atoms with van der Waals surface area (Å²) in [7, 11) is 0. The van der Waals surface area contributed by atoms with Crippen molar-refractivity contribution in [2.24, 2.45) is 0 Å². The first-order valence-corrected chi connectivity index (χ1v) is 7.43. The molecule has 2 aromatic carbocycles. The maximum absolute atomic E-state index is 11.5. The average Bonchev–Trinajstić information content (AvgIpc) is 2.49. The Morgan fingerprint density at radius 3 is 2.29 bits per heavy atom. The lowest BCUT2D eigenvalue weighted by molar-refractivity contribution is 0.0696. The van der Waals surface area contributed by atoms with Crippen molar-refractivity contribution in [2.75, 3.05) is 0 Å². The quantitative estimate of drug-likeness (QED) is 0.602. The summed E-state index contributed by atoms with van der Waals surface area (Å²) in [5.41, 5.74) is 0.807. The van der Waals surface area contributed by atoms with Crippen LogP contribution in [0.5, 0.6) is 11.5 Å². The van der Waals surface area contributed by atoms with Gasteiger partial charge in [0, 0.05) is 12.0 Å². The maximum atomic E-state index is 11.5. The first kappa shape index (κ1) is 15.5. The Labute approximate surface area is 135 Å². The van der Waals surface area contributed by atoms with Crippen molar-refractivity contribution in [1.82, 2.24) is 0 Å². The average molecular weight is 396 g/mol. The second-order valence-corrected chi connectivity index (χ2v) is 5.52. The standard InChI is InChI=1S/C16H13IO4/c1-2-14(18)10-3-6-12(7-4-10)21-15-9-11(16(19)20)5-8-13(15)17/h3-9H,2H2,1H3,(H,19,20). The number of ether oxygens (including phenoxy) is 1. The van der Waals surface area contributed by atoms with E-state index in [2.05, 4.69) is 22.6 Å². The Morgan fingerprint density at radius 1 is 1.10 bits per heavy atom. The van der Waals surface area contributed by atoms with E-state index in [9.17, 15) is 9.59 Å². The number of hydrogen-bond acceptors (Lipinski definition) is 3. The van der Waals surface area contributed by atoms with Crippen LogP contribution in [0, 0.1) is 3.57 Å². The summed E-state index contributed by atoms with van der Waals surface area (Å²) in [6.45, 7) is 1.81. The number of carbonyl (C=O) groups is 2. The highest BCUT2D eigenvalue weighted by atomic mass is 127. The highest BCUT2D eigenvalue weighted by molar-refractivity contribution is 14.1. The van der Waals surface area contributed by atoms with E-state index in [0.717, 1.165) is 3.57 Å². The van der Waals surface area contributed by atoms with Gasteiger partial charge in [0.15, 0.2) is 5.78 Å². The summed E-state index contributed by atoms with van der Waals surface area (Å²) in [4.78, 5) is 22.5. The first-order chi connectivity index (χ1) is 10.0. The van der Waals surface area contributed by atoms with Crippen molar-refractivity contribution in [1.29, 1.82) is 0 Å². The Hall–Kier alpha value is -1.89. The van der Waals surface area contributed by atoms with Gasteiger partial charge in [-0.1, -0.05) is 6.92 Å². The van der Waals surface area contributed by atoms with Crippen LogP contribution in [0.1, 0.15) is 34.1 Å². The minimum Gasteiger partial charge on any atom is -0.478 e. The van der Waals surface area contributed by atoms with Gasteiger partial charge in [-0.3, -0.25) is 4.79 Å². The van der Waals surface area contributed by atoms with Gasteiger partial charge >= 0.3 is 5.97 Å². The van der Waals surface area contributed by atoms with Gasteiger partial charge in [0.25, 0.3) is 0 Å². The molecule has 21 heavy (non-hydrogen) atoms. The molecule has 0 spiro atoms. The lowest BCUT2D eigenvalue weighted by Crippen LogP contribution is -1.98. The molecule has 1 N–H and O–H groups in total. The number of carbonyl (C=O) groups excluding carboxylic acids is 1. The third kappa shape index (κ3) is 3.81. The minimum absolute atomic E-state index is 0.0732. The molecule has 0 atom stereocenters. The highest BCUT2D eigenvalue weighted by Crippen LogP contribution is 2.28. The van der Waals surface area contributed by atoms with Gasteiger partial charge in [0.1, 0.15) is 11.5 Å². The second kappa shape index (κ2) is 6.71. The smallest absolute Gasteiger partial charge is 0.335 e. The molecule has 0 saturated heterocycles. The summed E-state index contributed by atoms with van der Waals surface area (Å²) in [5.74, 6) is 0.109. The van der Waals surface area contributed by atoms with Crippen molar-refractivity contribution in [3.63, 3.8) is 0 Å². The van der Waals surface area contributed by atoms with Crippen LogP contribution in [0.3, 0.4) is 0 Å². The zero-order valence-electron chi connectivity index (χ0n) is 11.3. The molecular weight excluding hydrogens is 383 g/mol. The fourth-order valence-corrected chi connectivity index (χ4v) is 2.20. The van der Waals surface area contributed by atoms with E-state index in [0.29, 0.717) is 23.5 Å². The van der Waals surface area contributed by atoms with Gasteiger partial charge in [0.2, 0.25) is 0 Å². The van der Waals surface area contributed by atoms with Crippen LogP contribution in [-0.4, -0.2) is 16.9 Å². The van der Waals surface area contributed by atoms with E-state index >= 15 is 0 Å². The van der Waals surface area contributed by atoms with Gasteiger partial charge in [0.05, 0.1) is 9.13 Å². The lowest BCUT2D eigenvalue weighted by atomic mass is 10.1. The predicted molar refractivity (Wildman–Crippen MR) is 87.3 cm³/mol. The molecule has 0 aliphatic carbocycles. The lowest BCUT2D eigenvalue weighted by Gasteiger charge is -2.09. The summed E-state index contributed by atoms with van der Waals surface area (Å²) in [5, 5.41) is 9.00. The number of halogens is 1. The number of carboxylic acid groups (broad SMARTS) is 1. The van der Waals surface area contributed by atoms with E-state index in [1.54, 1.807) is 30.3 Å². The molecule has 0 heterocycles. The van der Waals surface area contributed by atoms with Gasteiger partial charge < -0.3 is 9.84 Å². The molecule has 4 nitrogen and oxygen atoms in total. The molecule has 0 unspecified atom stereocenters. The molecule has 0 amide bonds. The van der Waals surface area contributed by atoms with Crippen LogP contribution in [0.15, 0.2) is 42.5 Å². The number of hydrogen-bond donors (Lipinski definition) is 1. The van der Waals surface area contributed by atoms with Crippen molar-refractivity contribution >= 4 is 34.3 Å². The van der Waals surface area contributed by atoms with Crippen LogP contribution >= 0.6 is 22.6 Å². The molecule has 0 bridgehead atoms. The monoisotopic (exact) mass is 396 g/mol. The summed E-state index contributed by atoms with van der Waals surface area (Å²) in [6, 6.07) is 11.5. The van der Waals surface area contributed by atoms with Crippen molar-refractivity contribution in [2.45, 2.75) is 13.3 Å². The van der Waals surface area contributed by atoms with Crippen molar-refractivity contribution < 1.29 is 19.4 Å². The van der Waals surface area contributed by atoms with Crippen LogP contribution in [0.4, 0.5) is 0 Å². The Balaban J connectivity index is 2.23. The van der Waals surface area contributed by atoms with E-state index in [-0.39, 0.29) is 11.3 Å². The molecule has 0 fully saturated rings. The van der Waals surface area contributed by atoms with Gasteiger partial charge in [-0.25, -0.2) is 4.79 Å². The number of rotatable bonds is 5. The third-order valence-electron chi connectivity index (χ3n) is 2.90. The van der Waals surface area contributed by atoms with Gasteiger partial charge in [-0.15, -0.1) is 0 Å². The Kier molecular flexibility index (Phi) is 4.95. The molecule has 0 radical (unpaired) electrons. The fraction of sp³-hybridized carbons (Fsp3) is 0.125. The molecular formula is C16H13IO4. The number of aromatic carboxylic acids is 1. The van der Waals surface area contributed by atoms with E-state index in [4.69, 9.17) is 9.84 Å². The van der Waals surface area contributed by atoms with Gasteiger partial charge in [-0.2, -0.15) is 0 Å². The molecule has 5 heteroatoms. The zero-order chi connectivity index (χ0) is 15.4. The zero-order valence-corrected chi connectivity index (χ0v) is 13.5. The van der Waals surface area contributed by atoms with Crippen LogP contribution in [0.2, 0.25) is 0 Å². The number of carboxylic acids is 1. The molecule has 0 saturated carbocycles. The molecule has 0 aliphatic rings. The van der Waals surface area contributed by atoms with E-state index < -0.39 is 5.97 Å². The Morgan fingerprint density at radius 2 is 1.71 bits per heavy atom. The second-order valence-electron chi connectivity index (χ2n) is 4.35. The number of Topliss-reactive ketones (excluding diaryl/α,β-unsaturated/α-hetero) is 1. The number of benzene rings is 2. The normalized spacial score (nSPS) is 10.2. The van der Waals surface area contributed by atoms with Crippen LogP contribution in [-0.2, 0) is 0 Å². The molecule has 2 rings (SSSR count). The summed E-state index contributed by atoms with van der Waals surface area (Å²) >= 11 is 2.08. The number of ketones is 1. The molecule has 0 aromatic heterocycles. The topological polar surface area (TPSA) is 63.6 Å².